The molecular weight excluding hydrogens is 532 g/mol. The topological polar surface area (TPSA) is 94.0 Å². The van der Waals surface area contributed by atoms with Gasteiger partial charge in [0, 0.05) is 54.0 Å². The monoisotopic (exact) mass is 558 g/mol. The van der Waals surface area contributed by atoms with Crippen LogP contribution in [0.25, 0.3) is 10.8 Å². The predicted octanol–water partition coefficient (Wildman–Crippen LogP) is 3.20. The van der Waals surface area contributed by atoms with Gasteiger partial charge in [0.1, 0.15) is 4.87 Å². The number of anilines is 1. The average Bonchev–Trinajstić information content (AvgIpc) is 3.24. The Labute approximate surface area is 225 Å². The standard InChI is InChI=1S/C26H27ClN4O4S2/c27-21-3-1-20-14-23(4-2-19(20)13-21)37(34,35)30-15-24(33)31-16-25(36-26(31,17-30)18-32)7-11-29(12-8-25)22-5-9-28-10-6-22/h1-6,9-10,13-14,32H,7-8,11-12,15-18H2. The summed E-state index contributed by atoms with van der Waals surface area (Å²) in [5.41, 5.74) is 1.12. The van der Waals surface area contributed by atoms with Crippen LogP contribution < -0.4 is 4.90 Å². The van der Waals surface area contributed by atoms with Crippen molar-refractivity contribution in [2.45, 2.75) is 27.4 Å². The quantitative estimate of drug-likeness (QED) is 0.525. The summed E-state index contributed by atoms with van der Waals surface area (Å²) in [6, 6.07) is 14.2. The van der Waals surface area contributed by atoms with Crippen molar-refractivity contribution in [3.8, 4) is 0 Å². The molecule has 0 radical (unpaired) electrons. The number of benzene rings is 2. The number of aliphatic hydroxyl groups excluding tert-OH is 1. The minimum Gasteiger partial charge on any atom is -0.393 e. The fourth-order valence-corrected chi connectivity index (χ4v) is 9.44. The first-order valence-corrected chi connectivity index (χ1v) is 14.8. The van der Waals surface area contributed by atoms with Crippen LogP contribution in [0, 0.1) is 0 Å². The van der Waals surface area contributed by atoms with Gasteiger partial charge in [0.15, 0.2) is 0 Å². The van der Waals surface area contributed by atoms with Gasteiger partial charge < -0.3 is 14.9 Å². The van der Waals surface area contributed by atoms with Gasteiger partial charge >= 0.3 is 0 Å². The highest BCUT2D eigenvalue weighted by atomic mass is 35.5. The molecule has 3 aromatic rings. The molecule has 3 aliphatic heterocycles. The fourth-order valence-electron chi connectivity index (χ4n) is 5.75. The molecule has 11 heteroatoms. The number of sulfonamides is 1. The van der Waals surface area contributed by atoms with E-state index in [0.29, 0.717) is 11.6 Å². The third-order valence-electron chi connectivity index (χ3n) is 7.74. The van der Waals surface area contributed by atoms with Gasteiger partial charge in [-0.15, -0.1) is 11.8 Å². The van der Waals surface area contributed by atoms with Gasteiger partial charge in [-0.2, -0.15) is 4.31 Å². The van der Waals surface area contributed by atoms with Gasteiger partial charge in [0.25, 0.3) is 0 Å². The lowest BCUT2D eigenvalue weighted by atomic mass is 9.94. The molecule has 1 amide bonds. The molecule has 3 saturated heterocycles. The predicted molar refractivity (Wildman–Crippen MR) is 145 cm³/mol. The van der Waals surface area contributed by atoms with E-state index in [1.165, 1.54) is 4.31 Å². The van der Waals surface area contributed by atoms with Crippen molar-refractivity contribution in [3.63, 3.8) is 0 Å². The molecule has 4 heterocycles. The minimum absolute atomic E-state index is 0.0523. The number of nitrogens with zero attached hydrogens (tertiary/aromatic N) is 4. The summed E-state index contributed by atoms with van der Waals surface area (Å²) in [6.45, 7) is 1.68. The van der Waals surface area contributed by atoms with E-state index in [2.05, 4.69) is 9.88 Å². The number of piperazine rings is 1. The number of carbonyl (C=O) groups excluding carboxylic acids is 1. The maximum absolute atomic E-state index is 13.7. The first-order chi connectivity index (χ1) is 17.7. The first-order valence-electron chi connectivity index (χ1n) is 12.2. The second kappa shape index (κ2) is 9.13. The molecule has 1 spiro atoms. The number of hydrogen-bond donors (Lipinski definition) is 1. The summed E-state index contributed by atoms with van der Waals surface area (Å²) in [5.74, 6) is -0.266. The van der Waals surface area contributed by atoms with Crippen molar-refractivity contribution in [2.24, 2.45) is 0 Å². The highest BCUT2D eigenvalue weighted by Crippen LogP contribution is 2.54. The SMILES string of the molecule is O=C1CN(S(=O)(=O)c2ccc3cc(Cl)ccc3c2)CC2(CO)SC3(CCN(c4ccncc4)CC3)CN12. The largest absolute Gasteiger partial charge is 0.393 e. The van der Waals surface area contributed by atoms with Crippen LogP contribution in [0.3, 0.4) is 0 Å². The van der Waals surface area contributed by atoms with E-state index in [4.69, 9.17) is 11.6 Å². The van der Waals surface area contributed by atoms with Crippen LogP contribution >= 0.6 is 23.4 Å². The van der Waals surface area contributed by atoms with E-state index in [9.17, 15) is 18.3 Å². The van der Waals surface area contributed by atoms with Crippen LogP contribution in [0.1, 0.15) is 12.8 Å². The van der Waals surface area contributed by atoms with E-state index < -0.39 is 14.9 Å². The smallest absolute Gasteiger partial charge is 0.243 e. The third-order valence-corrected chi connectivity index (χ3v) is 11.6. The minimum atomic E-state index is -3.96. The molecule has 0 saturated carbocycles. The molecule has 8 nitrogen and oxygen atoms in total. The zero-order chi connectivity index (χ0) is 25.8. The van der Waals surface area contributed by atoms with Crippen molar-refractivity contribution in [3.05, 3.63) is 65.9 Å². The Hall–Kier alpha value is -2.37. The van der Waals surface area contributed by atoms with E-state index >= 15 is 0 Å². The van der Waals surface area contributed by atoms with E-state index in [0.717, 1.165) is 42.4 Å². The first kappa shape index (κ1) is 24.9. The molecule has 0 bridgehead atoms. The van der Waals surface area contributed by atoms with Crippen LogP contribution in [-0.2, 0) is 14.8 Å². The number of hydrogen-bond acceptors (Lipinski definition) is 7. The molecule has 0 aliphatic carbocycles. The zero-order valence-electron chi connectivity index (χ0n) is 20.1. The molecule has 1 unspecified atom stereocenters. The number of carbonyl (C=O) groups is 1. The number of rotatable bonds is 4. The second-order valence-electron chi connectivity index (χ2n) is 9.99. The molecule has 1 aromatic heterocycles. The number of amides is 1. The molecule has 37 heavy (non-hydrogen) atoms. The van der Waals surface area contributed by atoms with Crippen LogP contribution in [0.15, 0.2) is 65.8 Å². The number of piperidine rings is 1. The van der Waals surface area contributed by atoms with Crippen LogP contribution in [0.4, 0.5) is 5.69 Å². The van der Waals surface area contributed by atoms with Crippen LogP contribution in [0.5, 0.6) is 0 Å². The summed E-state index contributed by atoms with van der Waals surface area (Å²) in [7, 11) is -3.96. The van der Waals surface area contributed by atoms with E-state index in [1.807, 2.05) is 12.1 Å². The summed E-state index contributed by atoms with van der Waals surface area (Å²) >= 11 is 7.65. The number of halogens is 1. The molecule has 194 valence electrons. The van der Waals surface area contributed by atoms with Gasteiger partial charge in [-0.25, -0.2) is 8.42 Å². The van der Waals surface area contributed by atoms with Gasteiger partial charge in [-0.05, 0) is 60.0 Å². The number of fused-ring (bicyclic) bond motifs is 2. The van der Waals surface area contributed by atoms with Crippen molar-refractivity contribution in [1.82, 2.24) is 14.2 Å². The highest BCUT2D eigenvalue weighted by molar-refractivity contribution is 8.02. The Morgan fingerprint density at radius 3 is 2.43 bits per heavy atom. The van der Waals surface area contributed by atoms with Crippen LogP contribution in [-0.4, -0.2) is 82.6 Å². The Morgan fingerprint density at radius 1 is 1.00 bits per heavy atom. The summed E-state index contributed by atoms with van der Waals surface area (Å²) in [4.78, 5) is 20.6. The van der Waals surface area contributed by atoms with Crippen molar-refractivity contribution >= 4 is 55.8 Å². The Kier molecular flexibility index (Phi) is 6.15. The summed E-state index contributed by atoms with van der Waals surface area (Å²) in [6.07, 6.45) is 5.24. The fraction of sp³-hybridized carbons (Fsp3) is 0.385. The van der Waals surface area contributed by atoms with Gasteiger partial charge in [0.05, 0.1) is 18.0 Å². The Morgan fingerprint density at radius 2 is 1.70 bits per heavy atom. The summed E-state index contributed by atoms with van der Waals surface area (Å²) in [5, 5.41) is 12.7. The number of thioether (sulfide) groups is 1. The molecule has 2 aromatic carbocycles. The van der Waals surface area contributed by atoms with E-state index in [1.54, 1.807) is 65.5 Å². The normalized spacial score (nSPS) is 24.1. The Balaban J connectivity index is 1.25. The lowest BCUT2D eigenvalue weighted by Gasteiger charge is -2.44. The van der Waals surface area contributed by atoms with E-state index in [-0.39, 0.29) is 35.2 Å². The molecule has 1 atom stereocenters. The maximum atomic E-state index is 13.7. The molecule has 1 N–H and O–H groups in total. The number of aromatic nitrogens is 1. The van der Waals surface area contributed by atoms with Crippen LogP contribution in [0.2, 0.25) is 5.02 Å². The summed E-state index contributed by atoms with van der Waals surface area (Å²) < 4.78 is 28.4. The van der Waals surface area contributed by atoms with Crippen molar-refractivity contribution in [1.29, 1.82) is 0 Å². The van der Waals surface area contributed by atoms with Crippen molar-refractivity contribution in [2.75, 3.05) is 44.2 Å². The van der Waals surface area contributed by atoms with Gasteiger partial charge in [-0.3, -0.25) is 9.78 Å². The number of aliphatic hydroxyl groups is 1. The lowest BCUT2D eigenvalue weighted by molar-refractivity contribution is -0.139. The lowest BCUT2D eigenvalue weighted by Crippen LogP contribution is -2.63. The molecule has 3 aliphatic rings. The third kappa shape index (κ3) is 4.28. The average molecular weight is 559 g/mol. The molecule has 6 rings (SSSR count). The number of pyridine rings is 1. The van der Waals surface area contributed by atoms with Gasteiger partial charge in [0.2, 0.25) is 15.9 Å². The van der Waals surface area contributed by atoms with Crippen molar-refractivity contribution < 1.29 is 18.3 Å². The second-order valence-corrected chi connectivity index (χ2v) is 14.2. The highest BCUT2D eigenvalue weighted by Gasteiger charge is 2.60. The zero-order valence-corrected chi connectivity index (χ0v) is 22.5. The molecule has 3 fully saturated rings. The van der Waals surface area contributed by atoms with Gasteiger partial charge in [-0.1, -0.05) is 23.7 Å². The Bertz CT molecular complexity index is 1460. The maximum Gasteiger partial charge on any atom is 0.243 e. The molecular formula is C26H27ClN4O4S2.